The number of rotatable bonds is 61. The maximum absolute atomic E-state index is 12.5. The van der Waals surface area contributed by atoms with E-state index in [4.69, 9.17) is 4.74 Å². The molecule has 2 unspecified atom stereocenters. The molecule has 3 N–H and O–H groups in total. The summed E-state index contributed by atoms with van der Waals surface area (Å²) in [7, 11) is 0. The summed E-state index contributed by atoms with van der Waals surface area (Å²) in [6.07, 6.45) is 79.0. The van der Waals surface area contributed by atoms with Gasteiger partial charge in [0, 0.05) is 12.8 Å². The molecule has 0 aromatic carbocycles. The molecule has 0 heterocycles. The van der Waals surface area contributed by atoms with E-state index in [9.17, 15) is 19.8 Å². The Labute approximate surface area is 455 Å². The maximum atomic E-state index is 12.5. The lowest BCUT2D eigenvalue weighted by atomic mass is 10.0. The molecule has 0 radical (unpaired) electrons. The summed E-state index contributed by atoms with van der Waals surface area (Å²) in [5.41, 5.74) is 0. The van der Waals surface area contributed by atoms with Gasteiger partial charge in [-0.1, -0.05) is 314 Å². The highest BCUT2D eigenvalue weighted by atomic mass is 16.5. The molecule has 0 aliphatic heterocycles. The van der Waals surface area contributed by atoms with Crippen molar-refractivity contribution in [3.63, 3.8) is 0 Å². The molecule has 1 amide bonds. The fourth-order valence-corrected chi connectivity index (χ4v) is 10.1. The number of hydrogen-bond donors (Lipinski definition) is 3. The maximum Gasteiger partial charge on any atom is 0.305 e. The van der Waals surface area contributed by atoms with E-state index in [0.717, 1.165) is 51.4 Å². The van der Waals surface area contributed by atoms with Gasteiger partial charge in [-0.05, 0) is 64.2 Å². The number of esters is 1. The van der Waals surface area contributed by atoms with Gasteiger partial charge in [0.1, 0.15) is 0 Å². The van der Waals surface area contributed by atoms with E-state index < -0.39 is 12.1 Å². The normalized spacial score (nSPS) is 12.8. The fourth-order valence-electron chi connectivity index (χ4n) is 10.1. The standard InChI is InChI=1S/C67H127NO5/c1-3-5-7-9-11-13-15-17-19-21-22-25-28-31-35-39-43-47-51-55-59-65(70)64(63-69)68-66(71)60-56-52-48-44-40-36-32-29-26-23-24-27-30-34-38-42-46-50-54-58-62-73-67(72)61-57-53-49-45-41-37-33-20-18-16-14-12-10-8-6-4-2/h14,16,20,33,55,59,64-65,69-70H,3-13,15,17-19,21-32,34-54,56-58,60-63H2,1-2H3,(H,68,71)/b16-14-,33-20-,59-55+. The molecule has 2 atom stereocenters. The molecule has 0 saturated heterocycles. The number of aliphatic hydroxyl groups is 2. The van der Waals surface area contributed by atoms with Crippen molar-refractivity contribution in [2.45, 2.75) is 366 Å². The van der Waals surface area contributed by atoms with Gasteiger partial charge in [0.2, 0.25) is 5.91 Å². The minimum atomic E-state index is -0.847. The molecule has 0 rings (SSSR count). The lowest BCUT2D eigenvalue weighted by molar-refractivity contribution is -0.143. The Morgan fingerprint density at radius 1 is 0.384 bits per heavy atom. The van der Waals surface area contributed by atoms with Crippen LogP contribution in [0, 0.1) is 0 Å². The van der Waals surface area contributed by atoms with Crippen molar-refractivity contribution in [2.75, 3.05) is 13.2 Å². The topological polar surface area (TPSA) is 95.9 Å². The summed E-state index contributed by atoms with van der Waals surface area (Å²) in [5.74, 6) is -0.0705. The Bertz CT molecular complexity index is 1180. The minimum absolute atomic E-state index is 0.00316. The molecular weight excluding hydrogens is 899 g/mol. The second-order valence-electron chi connectivity index (χ2n) is 22.5. The number of amides is 1. The average Bonchev–Trinajstić information content (AvgIpc) is 3.39. The largest absolute Gasteiger partial charge is 0.466 e. The van der Waals surface area contributed by atoms with E-state index in [1.54, 1.807) is 6.08 Å². The molecule has 73 heavy (non-hydrogen) atoms. The molecule has 0 bridgehead atoms. The Kier molecular flexibility index (Phi) is 61.0. The van der Waals surface area contributed by atoms with E-state index >= 15 is 0 Å². The predicted molar refractivity (Wildman–Crippen MR) is 319 cm³/mol. The van der Waals surface area contributed by atoms with Crippen molar-refractivity contribution in [2.24, 2.45) is 0 Å². The second kappa shape index (κ2) is 62.6. The average molecular weight is 1030 g/mol. The van der Waals surface area contributed by atoms with Crippen molar-refractivity contribution >= 4 is 11.9 Å². The summed E-state index contributed by atoms with van der Waals surface area (Å²) >= 11 is 0. The van der Waals surface area contributed by atoms with Crippen LogP contribution in [0.1, 0.15) is 354 Å². The van der Waals surface area contributed by atoms with Crippen LogP contribution in [0.5, 0.6) is 0 Å². The quantitative estimate of drug-likeness (QED) is 0.0320. The summed E-state index contributed by atoms with van der Waals surface area (Å²) in [6, 6.07) is -0.631. The Morgan fingerprint density at radius 3 is 1.05 bits per heavy atom. The number of unbranched alkanes of at least 4 members (excludes halogenated alkanes) is 46. The Morgan fingerprint density at radius 2 is 0.685 bits per heavy atom. The van der Waals surface area contributed by atoms with E-state index in [1.807, 2.05) is 6.08 Å². The molecule has 0 aromatic rings. The summed E-state index contributed by atoms with van der Waals surface area (Å²) in [5, 5.41) is 23.2. The van der Waals surface area contributed by atoms with Gasteiger partial charge in [-0.25, -0.2) is 0 Å². The zero-order valence-electron chi connectivity index (χ0n) is 49.1. The number of carbonyl (C=O) groups excluding carboxylic acids is 2. The van der Waals surface area contributed by atoms with Crippen molar-refractivity contribution in [1.29, 1.82) is 0 Å². The predicted octanol–water partition coefficient (Wildman–Crippen LogP) is 20.8. The first-order valence-corrected chi connectivity index (χ1v) is 32.8. The zero-order valence-corrected chi connectivity index (χ0v) is 49.1. The minimum Gasteiger partial charge on any atom is -0.466 e. The number of nitrogens with one attached hydrogen (secondary N) is 1. The first-order chi connectivity index (χ1) is 36.0. The van der Waals surface area contributed by atoms with Crippen LogP contribution in [-0.2, 0) is 14.3 Å². The molecule has 0 aromatic heterocycles. The Balaban J connectivity index is 3.43. The molecule has 430 valence electrons. The second-order valence-corrected chi connectivity index (χ2v) is 22.5. The van der Waals surface area contributed by atoms with Gasteiger partial charge in [-0.2, -0.15) is 0 Å². The smallest absolute Gasteiger partial charge is 0.305 e. The van der Waals surface area contributed by atoms with Gasteiger partial charge in [0.15, 0.2) is 0 Å². The Hall–Kier alpha value is -1.92. The highest BCUT2D eigenvalue weighted by Gasteiger charge is 2.18. The number of allylic oxidation sites excluding steroid dienone is 5. The SMILES string of the molecule is CCCCCC/C=C\C/C=C\CCCCCCCC(=O)OCCCCCCCCCCCCCCCCCCCCCCC(=O)NC(CO)C(O)/C=C/CCCCCCCCCCCCCCCCCCCC. The van der Waals surface area contributed by atoms with Crippen molar-refractivity contribution in [3.05, 3.63) is 36.5 Å². The summed E-state index contributed by atoms with van der Waals surface area (Å²) in [6.45, 7) is 4.90. The summed E-state index contributed by atoms with van der Waals surface area (Å²) in [4.78, 5) is 24.6. The van der Waals surface area contributed by atoms with Crippen LogP contribution >= 0.6 is 0 Å². The van der Waals surface area contributed by atoms with Crippen LogP contribution in [0.15, 0.2) is 36.5 Å². The van der Waals surface area contributed by atoms with Gasteiger partial charge in [-0.15, -0.1) is 0 Å². The number of hydrogen-bond acceptors (Lipinski definition) is 5. The molecule has 0 aliphatic carbocycles. The van der Waals surface area contributed by atoms with Gasteiger partial charge in [-0.3, -0.25) is 9.59 Å². The van der Waals surface area contributed by atoms with E-state index in [2.05, 4.69) is 43.5 Å². The van der Waals surface area contributed by atoms with E-state index in [1.165, 1.54) is 276 Å². The highest BCUT2D eigenvalue weighted by Crippen LogP contribution is 2.18. The van der Waals surface area contributed by atoms with Gasteiger partial charge in [0.05, 0.1) is 25.4 Å². The van der Waals surface area contributed by atoms with Crippen molar-refractivity contribution in [1.82, 2.24) is 5.32 Å². The molecule has 0 saturated carbocycles. The third kappa shape index (κ3) is 59.2. The van der Waals surface area contributed by atoms with Gasteiger partial charge < -0.3 is 20.3 Å². The first-order valence-electron chi connectivity index (χ1n) is 32.8. The lowest BCUT2D eigenvalue weighted by Crippen LogP contribution is -2.45. The lowest BCUT2D eigenvalue weighted by Gasteiger charge is -2.20. The zero-order chi connectivity index (χ0) is 52.9. The van der Waals surface area contributed by atoms with E-state index in [0.29, 0.717) is 19.4 Å². The first kappa shape index (κ1) is 71.1. The fraction of sp³-hybridized carbons (Fsp3) is 0.881. The molecular formula is C67H127NO5. The molecule has 0 aliphatic rings. The van der Waals surface area contributed by atoms with Gasteiger partial charge >= 0.3 is 5.97 Å². The number of carbonyl (C=O) groups is 2. The molecule has 6 nitrogen and oxygen atoms in total. The molecule has 0 fully saturated rings. The molecule has 0 spiro atoms. The third-order valence-corrected chi connectivity index (χ3v) is 15.2. The number of aliphatic hydroxyl groups excluding tert-OH is 2. The summed E-state index contributed by atoms with van der Waals surface area (Å²) < 4.78 is 5.48. The van der Waals surface area contributed by atoms with Crippen LogP contribution in [0.2, 0.25) is 0 Å². The monoisotopic (exact) mass is 1030 g/mol. The van der Waals surface area contributed by atoms with Crippen LogP contribution in [0.4, 0.5) is 0 Å². The third-order valence-electron chi connectivity index (χ3n) is 15.2. The van der Waals surface area contributed by atoms with Crippen LogP contribution in [0.25, 0.3) is 0 Å². The van der Waals surface area contributed by atoms with Gasteiger partial charge in [0.25, 0.3) is 0 Å². The van der Waals surface area contributed by atoms with Crippen LogP contribution in [0.3, 0.4) is 0 Å². The van der Waals surface area contributed by atoms with Crippen LogP contribution < -0.4 is 5.32 Å². The molecule has 6 heteroatoms. The van der Waals surface area contributed by atoms with E-state index in [-0.39, 0.29) is 18.5 Å². The highest BCUT2D eigenvalue weighted by molar-refractivity contribution is 5.76. The van der Waals surface area contributed by atoms with Crippen molar-refractivity contribution in [3.8, 4) is 0 Å². The number of ether oxygens (including phenoxy) is 1. The van der Waals surface area contributed by atoms with Crippen molar-refractivity contribution < 1.29 is 24.5 Å². The van der Waals surface area contributed by atoms with Crippen LogP contribution in [-0.4, -0.2) is 47.4 Å².